The van der Waals surface area contributed by atoms with E-state index in [1.807, 2.05) is 16.8 Å². The second-order valence-electron chi connectivity index (χ2n) is 5.48. The predicted molar refractivity (Wildman–Crippen MR) is 81.8 cm³/mol. The molecule has 5 heteroatoms. The number of hydrogen-bond acceptors (Lipinski definition) is 2. The van der Waals surface area contributed by atoms with Gasteiger partial charge in [0.2, 0.25) is 0 Å². The normalized spacial score (nSPS) is 16.0. The lowest BCUT2D eigenvalue weighted by Crippen LogP contribution is -2.13. The van der Waals surface area contributed by atoms with Gasteiger partial charge in [0.1, 0.15) is 11.3 Å². The quantitative estimate of drug-likeness (QED) is 0.914. The van der Waals surface area contributed by atoms with Crippen LogP contribution in [0.1, 0.15) is 48.5 Å². The summed E-state index contributed by atoms with van der Waals surface area (Å²) in [5.74, 6) is -0.943. The van der Waals surface area contributed by atoms with E-state index in [0.717, 1.165) is 18.4 Å². The Kier molecular flexibility index (Phi) is 3.97. The van der Waals surface area contributed by atoms with Crippen molar-refractivity contribution < 1.29 is 9.90 Å². The molecule has 0 unspecified atom stereocenters. The summed E-state index contributed by atoms with van der Waals surface area (Å²) in [6.07, 6.45) is 7.43. The lowest BCUT2D eigenvalue weighted by molar-refractivity contribution is 0.0697. The van der Waals surface area contributed by atoms with Gasteiger partial charge in [-0.25, -0.2) is 4.79 Å². The van der Waals surface area contributed by atoms with Gasteiger partial charge in [-0.1, -0.05) is 43.0 Å². The Morgan fingerprint density at radius 2 is 1.86 bits per heavy atom. The standard InChI is InChI=1S/C16H17ClN2O2/c17-12-8-6-11(7-9-12)15-14(16(20)21)10-19(18-15)13-4-2-1-3-5-13/h6-10,13H,1-5H2,(H,20,21). The molecule has 0 saturated heterocycles. The van der Waals surface area contributed by atoms with Gasteiger partial charge in [-0.2, -0.15) is 5.10 Å². The minimum atomic E-state index is -0.943. The molecule has 1 aromatic carbocycles. The molecule has 1 heterocycles. The number of halogens is 1. The van der Waals surface area contributed by atoms with Crippen LogP contribution < -0.4 is 0 Å². The van der Waals surface area contributed by atoms with Crippen molar-refractivity contribution in [3.63, 3.8) is 0 Å². The third kappa shape index (κ3) is 2.95. The summed E-state index contributed by atoms with van der Waals surface area (Å²) in [6, 6.07) is 7.44. The van der Waals surface area contributed by atoms with E-state index < -0.39 is 5.97 Å². The number of benzene rings is 1. The van der Waals surface area contributed by atoms with Crippen LogP contribution in [0.5, 0.6) is 0 Å². The first-order chi connectivity index (χ1) is 10.1. The summed E-state index contributed by atoms with van der Waals surface area (Å²) in [6.45, 7) is 0. The average Bonchev–Trinajstić information content (AvgIpc) is 2.94. The van der Waals surface area contributed by atoms with Crippen LogP contribution in [0.3, 0.4) is 0 Å². The van der Waals surface area contributed by atoms with Gasteiger partial charge in [0.05, 0.1) is 6.04 Å². The second-order valence-corrected chi connectivity index (χ2v) is 5.91. The van der Waals surface area contributed by atoms with Gasteiger partial charge in [0.25, 0.3) is 0 Å². The van der Waals surface area contributed by atoms with E-state index >= 15 is 0 Å². The fraction of sp³-hybridized carbons (Fsp3) is 0.375. The van der Waals surface area contributed by atoms with Crippen molar-refractivity contribution in [3.8, 4) is 11.3 Å². The predicted octanol–water partition coefficient (Wildman–Crippen LogP) is 4.41. The Balaban J connectivity index is 2.00. The van der Waals surface area contributed by atoms with Crippen LogP contribution in [0.25, 0.3) is 11.3 Å². The monoisotopic (exact) mass is 304 g/mol. The minimum absolute atomic E-state index is 0.253. The topological polar surface area (TPSA) is 55.1 Å². The number of nitrogens with zero attached hydrogens (tertiary/aromatic N) is 2. The van der Waals surface area contributed by atoms with Crippen molar-refractivity contribution in [1.82, 2.24) is 9.78 Å². The molecular formula is C16H17ClN2O2. The smallest absolute Gasteiger partial charge is 0.339 e. The number of aromatic carboxylic acids is 1. The Bertz CT molecular complexity index is 643. The average molecular weight is 305 g/mol. The Morgan fingerprint density at radius 3 is 2.48 bits per heavy atom. The van der Waals surface area contributed by atoms with Gasteiger partial charge in [0, 0.05) is 16.8 Å². The minimum Gasteiger partial charge on any atom is -0.478 e. The van der Waals surface area contributed by atoms with Crippen molar-refractivity contribution in [2.45, 2.75) is 38.1 Å². The van der Waals surface area contributed by atoms with Gasteiger partial charge in [-0.15, -0.1) is 0 Å². The van der Waals surface area contributed by atoms with Crippen LogP contribution in [-0.2, 0) is 0 Å². The molecule has 0 aliphatic heterocycles. The van der Waals surface area contributed by atoms with Gasteiger partial charge in [-0.05, 0) is 25.0 Å². The first kappa shape index (κ1) is 14.1. The lowest BCUT2D eigenvalue weighted by atomic mass is 9.96. The first-order valence-corrected chi connectivity index (χ1v) is 7.61. The van der Waals surface area contributed by atoms with Crippen molar-refractivity contribution in [2.75, 3.05) is 0 Å². The Labute approximate surface area is 128 Å². The number of carbonyl (C=O) groups is 1. The van der Waals surface area contributed by atoms with Crippen molar-refractivity contribution >= 4 is 17.6 Å². The van der Waals surface area contributed by atoms with E-state index in [9.17, 15) is 9.90 Å². The number of aromatic nitrogens is 2. The molecule has 0 spiro atoms. The number of carboxylic acids is 1. The second kappa shape index (κ2) is 5.90. The van der Waals surface area contributed by atoms with Gasteiger partial charge in [-0.3, -0.25) is 4.68 Å². The third-order valence-electron chi connectivity index (χ3n) is 4.03. The molecular weight excluding hydrogens is 288 g/mol. The summed E-state index contributed by atoms with van der Waals surface area (Å²) < 4.78 is 1.84. The van der Waals surface area contributed by atoms with Gasteiger partial charge in [0.15, 0.2) is 0 Å². The van der Waals surface area contributed by atoms with E-state index in [4.69, 9.17) is 11.6 Å². The zero-order valence-electron chi connectivity index (χ0n) is 11.6. The molecule has 1 saturated carbocycles. The Morgan fingerprint density at radius 1 is 1.19 bits per heavy atom. The van der Waals surface area contributed by atoms with E-state index in [0.29, 0.717) is 16.8 Å². The Hall–Kier alpha value is -1.81. The molecule has 4 nitrogen and oxygen atoms in total. The summed E-state index contributed by atoms with van der Waals surface area (Å²) in [4.78, 5) is 11.5. The highest BCUT2D eigenvalue weighted by atomic mass is 35.5. The summed E-state index contributed by atoms with van der Waals surface area (Å²) in [5.41, 5.74) is 1.55. The third-order valence-corrected chi connectivity index (χ3v) is 4.28. The molecule has 0 radical (unpaired) electrons. The molecule has 0 atom stereocenters. The zero-order valence-corrected chi connectivity index (χ0v) is 12.4. The lowest BCUT2D eigenvalue weighted by Gasteiger charge is -2.21. The highest BCUT2D eigenvalue weighted by Gasteiger charge is 2.22. The first-order valence-electron chi connectivity index (χ1n) is 7.23. The SMILES string of the molecule is O=C(O)c1cn(C2CCCCC2)nc1-c1ccc(Cl)cc1. The summed E-state index contributed by atoms with van der Waals surface area (Å²) in [7, 11) is 0. The van der Waals surface area contributed by atoms with Crippen molar-refractivity contribution in [1.29, 1.82) is 0 Å². The molecule has 3 rings (SSSR count). The molecule has 110 valence electrons. The molecule has 1 aromatic heterocycles. The van der Waals surface area contributed by atoms with Crippen molar-refractivity contribution in [3.05, 3.63) is 41.0 Å². The van der Waals surface area contributed by atoms with Crippen molar-refractivity contribution in [2.24, 2.45) is 0 Å². The highest BCUT2D eigenvalue weighted by molar-refractivity contribution is 6.30. The maximum atomic E-state index is 11.5. The van der Waals surface area contributed by atoms with E-state index in [1.54, 1.807) is 18.3 Å². The largest absolute Gasteiger partial charge is 0.478 e. The maximum absolute atomic E-state index is 11.5. The number of hydrogen-bond donors (Lipinski definition) is 1. The van der Waals surface area contributed by atoms with E-state index in [-0.39, 0.29) is 5.56 Å². The number of rotatable bonds is 3. The van der Waals surface area contributed by atoms with Crippen LogP contribution in [0.15, 0.2) is 30.5 Å². The molecule has 1 N–H and O–H groups in total. The van der Waals surface area contributed by atoms with Gasteiger partial charge >= 0.3 is 5.97 Å². The molecule has 0 amide bonds. The van der Waals surface area contributed by atoms with Crippen LogP contribution in [0.2, 0.25) is 5.02 Å². The van der Waals surface area contributed by atoms with Gasteiger partial charge < -0.3 is 5.11 Å². The molecule has 2 aromatic rings. The fourth-order valence-corrected chi connectivity index (χ4v) is 3.03. The van der Waals surface area contributed by atoms with Crippen LogP contribution in [-0.4, -0.2) is 20.9 Å². The highest BCUT2D eigenvalue weighted by Crippen LogP contribution is 2.31. The fourth-order valence-electron chi connectivity index (χ4n) is 2.90. The summed E-state index contributed by atoms with van der Waals surface area (Å²) in [5, 5.41) is 14.6. The molecule has 0 bridgehead atoms. The molecule has 21 heavy (non-hydrogen) atoms. The van der Waals surface area contributed by atoms with Crippen LogP contribution in [0.4, 0.5) is 0 Å². The number of carboxylic acid groups (broad SMARTS) is 1. The summed E-state index contributed by atoms with van der Waals surface area (Å²) >= 11 is 5.89. The molecule has 1 aliphatic carbocycles. The zero-order chi connectivity index (χ0) is 14.8. The molecule has 1 fully saturated rings. The van der Waals surface area contributed by atoms with Crippen LogP contribution in [0, 0.1) is 0 Å². The van der Waals surface area contributed by atoms with E-state index in [2.05, 4.69) is 5.10 Å². The van der Waals surface area contributed by atoms with E-state index in [1.165, 1.54) is 19.3 Å². The van der Waals surface area contributed by atoms with Crippen LogP contribution >= 0.6 is 11.6 Å². The molecule has 1 aliphatic rings. The maximum Gasteiger partial charge on any atom is 0.339 e.